The van der Waals surface area contributed by atoms with Gasteiger partial charge in [-0.3, -0.25) is 28.9 Å². The van der Waals surface area contributed by atoms with Crippen molar-refractivity contribution in [2.45, 2.75) is 25.7 Å². The third-order valence-corrected chi connectivity index (χ3v) is 6.36. The predicted octanol–water partition coefficient (Wildman–Crippen LogP) is 3.23. The van der Waals surface area contributed by atoms with Crippen LogP contribution in [0.2, 0.25) is 5.02 Å². The fourth-order valence-electron chi connectivity index (χ4n) is 4.45. The number of hydrogen-bond donors (Lipinski definition) is 1. The number of amides is 3. The Balaban J connectivity index is 1.35. The van der Waals surface area contributed by atoms with E-state index in [9.17, 15) is 24.0 Å². The first-order valence-corrected chi connectivity index (χ1v) is 11.4. The van der Waals surface area contributed by atoms with E-state index in [1.54, 1.807) is 30.3 Å². The predicted molar refractivity (Wildman–Crippen MR) is 123 cm³/mol. The molecule has 1 aliphatic heterocycles. The lowest BCUT2D eigenvalue weighted by Crippen LogP contribution is -2.37. The van der Waals surface area contributed by atoms with Gasteiger partial charge in [-0.1, -0.05) is 54.8 Å². The number of carbonyl (C=O) groups is 5. The summed E-state index contributed by atoms with van der Waals surface area (Å²) < 4.78 is 4.99. The summed E-state index contributed by atoms with van der Waals surface area (Å²) in [7, 11) is 0. The maximum absolute atomic E-state index is 12.9. The number of likely N-dealkylation sites (tertiary alicyclic amines) is 1. The van der Waals surface area contributed by atoms with E-state index in [0.717, 1.165) is 17.7 Å². The fraction of sp³-hybridized carbons (Fsp3) is 0.320. The molecular weight excluding hydrogens is 460 g/mol. The summed E-state index contributed by atoms with van der Waals surface area (Å²) in [6.45, 7) is -1.15. The summed E-state index contributed by atoms with van der Waals surface area (Å²) in [6.07, 6.45) is 3.07. The summed E-state index contributed by atoms with van der Waals surface area (Å²) in [5.41, 5.74) is 0.828. The second-order valence-electron chi connectivity index (χ2n) is 8.35. The van der Waals surface area contributed by atoms with Crippen molar-refractivity contribution >= 4 is 46.8 Å². The van der Waals surface area contributed by atoms with Crippen molar-refractivity contribution in [3.05, 3.63) is 64.7 Å². The molecule has 34 heavy (non-hydrogen) atoms. The van der Waals surface area contributed by atoms with Crippen LogP contribution in [0, 0.1) is 11.8 Å². The van der Waals surface area contributed by atoms with Gasteiger partial charge in [0, 0.05) is 16.1 Å². The molecule has 0 radical (unpaired) electrons. The molecule has 4 rings (SSSR count). The molecule has 176 valence electrons. The minimum absolute atomic E-state index is 0.189. The van der Waals surface area contributed by atoms with Crippen molar-refractivity contribution in [2.24, 2.45) is 11.8 Å². The summed E-state index contributed by atoms with van der Waals surface area (Å²) in [4.78, 5) is 63.4. The van der Waals surface area contributed by atoms with E-state index in [1.807, 2.05) is 0 Å². The average molecular weight is 483 g/mol. The monoisotopic (exact) mass is 482 g/mol. The molecule has 2 atom stereocenters. The number of ketones is 1. The molecular formula is C25H23ClN2O6. The lowest BCUT2D eigenvalue weighted by atomic mass is 9.81. The second-order valence-corrected chi connectivity index (χ2v) is 8.79. The van der Waals surface area contributed by atoms with Crippen LogP contribution < -0.4 is 5.32 Å². The second kappa shape index (κ2) is 10.2. The molecule has 1 N–H and O–H groups in total. The summed E-state index contributed by atoms with van der Waals surface area (Å²) >= 11 is 6.04. The molecule has 2 aromatic rings. The van der Waals surface area contributed by atoms with Crippen molar-refractivity contribution in [1.29, 1.82) is 0 Å². The average Bonchev–Trinajstić information content (AvgIpc) is 3.09. The number of ether oxygens (including phenoxy) is 1. The zero-order chi connectivity index (χ0) is 24.2. The van der Waals surface area contributed by atoms with Gasteiger partial charge in [-0.2, -0.15) is 0 Å². The molecule has 1 heterocycles. The number of anilines is 1. The fourth-order valence-corrected chi connectivity index (χ4v) is 4.62. The number of carbonyl (C=O) groups excluding carboxylic acids is 5. The summed E-state index contributed by atoms with van der Waals surface area (Å²) in [5.74, 6) is -3.27. The van der Waals surface area contributed by atoms with Crippen LogP contribution in [0.5, 0.6) is 0 Å². The Hall–Kier alpha value is -3.52. The number of nitrogens with zero attached hydrogens (tertiary/aromatic N) is 1. The maximum atomic E-state index is 12.9. The van der Waals surface area contributed by atoms with Crippen molar-refractivity contribution in [3.63, 3.8) is 0 Å². The molecule has 2 aliphatic rings. The van der Waals surface area contributed by atoms with Gasteiger partial charge in [0.05, 0.1) is 17.5 Å². The Morgan fingerprint density at radius 2 is 1.62 bits per heavy atom. The van der Waals surface area contributed by atoms with Crippen LogP contribution in [0.4, 0.5) is 5.69 Å². The topological polar surface area (TPSA) is 110 Å². The van der Waals surface area contributed by atoms with Gasteiger partial charge in [0.1, 0.15) is 6.54 Å². The van der Waals surface area contributed by atoms with Crippen LogP contribution in [0.15, 0.2) is 48.5 Å². The Labute approximate surface area is 201 Å². The van der Waals surface area contributed by atoms with Crippen LogP contribution in [0.25, 0.3) is 0 Å². The van der Waals surface area contributed by atoms with E-state index in [4.69, 9.17) is 16.3 Å². The number of hydrogen-bond acceptors (Lipinski definition) is 6. The largest absolute Gasteiger partial charge is 0.454 e. The van der Waals surface area contributed by atoms with E-state index >= 15 is 0 Å². The lowest BCUT2D eigenvalue weighted by Gasteiger charge is -2.19. The van der Waals surface area contributed by atoms with E-state index in [0.29, 0.717) is 23.4 Å². The Morgan fingerprint density at radius 3 is 2.26 bits per heavy atom. The van der Waals surface area contributed by atoms with E-state index in [-0.39, 0.29) is 40.7 Å². The SMILES string of the molecule is O=C(COC(=O)CN1C(=O)C2CCCCC2C1=O)Nc1ccc(Cl)cc1C(=O)c1ccccc1. The Kier molecular flexibility index (Phi) is 7.07. The minimum atomic E-state index is -0.854. The zero-order valence-electron chi connectivity index (χ0n) is 18.3. The molecule has 0 aromatic heterocycles. The number of halogens is 1. The van der Waals surface area contributed by atoms with E-state index in [1.165, 1.54) is 18.2 Å². The Bertz CT molecular complexity index is 1130. The first kappa shape index (κ1) is 23.6. The molecule has 1 saturated heterocycles. The van der Waals surface area contributed by atoms with Crippen molar-refractivity contribution in [1.82, 2.24) is 4.90 Å². The number of fused-ring (bicyclic) bond motifs is 1. The highest BCUT2D eigenvalue weighted by Crippen LogP contribution is 2.37. The van der Waals surface area contributed by atoms with Gasteiger partial charge in [0.2, 0.25) is 11.8 Å². The molecule has 0 bridgehead atoms. The standard InChI is InChI=1S/C25H23ClN2O6/c26-16-10-11-20(19(12-16)23(31)15-6-2-1-3-7-15)27-21(29)14-34-22(30)13-28-24(32)17-8-4-5-9-18(17)25(28)33/h1-3,6-7,10-12,17-18H,4-5,8-9,13-14H2,(H,27,29). The first-order chi connectivity index (χ1) is 16.3. The van der Waals surface area contributed by atoms with E-state index in [2.05, 4.69) is 5.32 Å². The summed E-state index contributed by atoms with van der Waals surface area (Å²) in [6, 6.07) is 13.0. The number of rotatable bonds is 7. The maximum Gasteiger partial charge on any atom is 0.326 e. The van der Waals surface area contributed by atoms with Gasteiger partial charge in [-0.15, -0.1) is 0 Å². The molecule has 1 aliphatic carbocycles. The number of esters is 1. The van der Waals surface area contributed by atoms with Crippen LogP contribution >= 0.6 is 11.6 Å². The van der Waals surface area contributed by atoms with Gasteiger partial charge < -0.3 is 10.1 Å². The van der Waals surface area contributed by atoms with Gasteiger partial charge in [-0.25, -0.2) is 0 Å². The van der Waals surface area contributed by atoms with Gasteiger partial charge in [0.15, 0.2) is 12.4 Å². The molecule has 0 spiro atoms. The van der Waals surface area contributed by atoms with Gasteiger partial charge in [-0.05, 0) is 31.0 Å². The van der Waals surface area contributed by atoms with Crippen LogP contribution in [-0.2, 0) is 23.9 Å². The molecule has 3 amide bonds. The first-order valence-electron chi connectivity index (χ1n) is 11.0. The quantitative estimate of drug-likeness (QED) is 0.368. The lowest BCUT2D eigenvalue weighted by molar-refractivity contribution is -0.154. The van der Waals surface area contributed by atoms with Crippen LogP contribution in [0.1, 0.15) is 41.6 Å². The van der Waals surface area contributed by atoms with Crippen molar-refractivity contribution in [2.75, 3.05) is 18.5 Å². The third-order valence-electron chi connectivity index (χ3n) is 6.12. The molecule has 8 nitrogen and oxygen atoms in total. The van der Waals surface area contributed by atoms with Crippen molar-refractivity contribution in [3.8, 4) is 0 Å². The van der Waals surface area contributed by atoms with Gasteiger partial charge >= 0.3 is 5.97 Å². The van der Waals surface area contributed by atoms with Crippen LogP contribution in [-0.4, -0.2) is 47.5 Å². The molecule has 1 saturated carbocycles. The van der Waals surface area contributed by atoms with Crippen molar-refractivity contribution < 1.29 is 28.7 Å². The minimum Gasteiger partial charge on any atom is -0.454 e. The Morgan fingerprint density at radius 1 is 0.971 bits per heavy atom. The highest BCUT2D eigenvalue weighted by Gasteiger charge is 2.48. The highest BCUT2D eigenvalue weighted by molar-refractivity contribution is 6.31. The number of nitrogens with one attached hydrogen (secondary N) is 1. The third kappa shape index (κ3) is 5.02. The molecule has 2 unspecified atom stereocenters. The van der Waals surface area contributed by atoms with Crippen LogP contribution in [0.3, 0.4) is 0 Å². The summed E-state index contributed by atoms with van der Waals surface area (Å²) in [5, 5.41) is 2.88. The number of benzene rings is 2. The van der Waals surface area contributed by atoms with E-state index < -0.39 is 25.0 Å². The molecule has 2 fully saturated rings. The van der Waals surface area contributed by atoms with Gasteiger partial charge in [0.25, 0.3) is 5.91 Å². The normalized spacial score (nSPS) is 19.5. The highest BCUT2D eigenvalue weighted by atomic mass is 35.5. The molecule has 9 heteroatoms. The number of imide groups is 1. The zero-order valence-corrected chi connectivity index (χ0v) is 19.0. The molecule has 2 aromatic carbocycles. The smallest absolute Gasteiger partial charge is 0.326 e.